The van der Waals surface area contributed by atoms with Gasteiger partial charge in [-0.1, -0.05) is 41.9 Å². The van der Waals surface area contributed by atoms with E-state index < -0.39 is 0 Å². The van der Waals surface area contributed by atoms with Gasteiger partial charge >= 0.3 is 0 Å². The molecule has 33 heavy (non-hydrogen) atoms. The van der Waals surface area contributed by atoms with Gasteiger partial charge in [-0.3, -0.25) is 9.59 Å². The quantitative estimate of drug-likeness (QED) is 0.442. The first-order valence-corrected chi connectivity index (χ1v) is 11.3. The smallest absolute Gasteiger partial charge is 0.264 e. The summed E-state index contributed by atoms with van der Waals surface area (Å²) in [6.07, 6.45) is 1.79. The Hall–Kier alpha value is -3.55. The Morgan fingerprint density at radius 1 is 1.09 bits per heavy atom. The van der Waals surface area contributed by atoms with Crippen molar-refractivity contribution in [3.8, 4) is 5.75 Å². The van der Waals surface area contributed by atoms with Crippen molar-refractivity contribution in [3.63, 3.8) is 0 Å². The maximum Gasteiger partial charge on any atom is 0.264 e. The average molecular weight is 478 g/mol. The predicted octanol–water partition coefficient (Wildman–Crippen LogP) is 5.77. The molecule has 2 N–H and O–H groups in total. The molecule has 1 saturated heterocycles. The number of hydrogen-bond acceptors (Lipinski definition) is 5. The molecule has 0 atom stereocenters. The third-order valence-electron chi connectivity index (χ3n) is 4.58. The van der Waals surface area contributed by atoms with Crippen molar-refractivity contribution in [2.75, 3.05) is 5.32 Å². The number of rotatable bonds is 6. The van der Waals surface area contributed by atoms with Gasteiger partial charge in [0.1, 0.15) is 12.4 Å². The fourth-order valence-electron chi connectivity index (χ4n) is 3.03. The highest BCUT2D eigenvalue weighted by molar-refractivity contribution is 8.18. The maximum atomic E-state index is 12.5. The third-order valence-corrected chi connectivity index (χ3v) is 5.74. The Morgan fingerprint density at radius 2 is 1.82 bits per heavy atom. The number of para-hydroxylation sites is 1. The molecule has 0 radical (unpaired) electrons. The molecular weight excluding hydrogens is 458 g/mol. The van der Waals surface area contributed by atoms with E-state index in [1.165, 1.54) is 18.7 Å². The molecule has 8 heteroatoms. The van der Waals surface area contributed by atoms with Gasteiger partial charge in [0.15, 0.2) is 5.17 Å². The number of thioether (sulfide) groups is 1. The van der Waals surface area contributed by atoms with Gasteiger partial charge in [0, 0.05) is 23.2 Å². The third kappa shape index (κ3) is 6.25. The van der Waals surface area contributed by atoms with Crippen LogP contribution < -0.4 is 15.4 Å². The predicted molar refractivity (Wildman–Crippen MR) is 134 cm³/mol. The van der Waals surface area contributed by atoms with Crippen LogP contribution in [0.15, 0.2) is 82.7 Å². The lowest BCUT2D eigenvalue weighted by molar-refractivity contribution is -0.115. The largest absolute Gasteiger partial charge is 0.488 e. The first kappa shape index (κ1) is 22.6. The molecule has 4 rings (SSSR count). The molecule has 0 saturated carbocycles. The lowest BCUT2D eigenvalue weighted by Gasteiger charge is -2.09. The van der Waals surface area contributed by atoms with Crippen LogP contribution in [0.2, 0.25) is 5.02 Å². The number of anilines is 1. The number of nitrogens with zero attached hydrogens (tertiary/aromatic N) is 1. The molecule has 0 unspecified atom stereocenters. The van der Waals surface area contributed by atoms with Crippen LogP contribution in [0.3, 0.4) is 0 Å². The molecule has 1 aliphatic heterocycles. The second-order valence-electron chi connectivity index (χ2n) is 7.16. The zero-order chi connectivity index (χ0) is 23.2. The van der Waals surface area contributed by atoms with E-state index in [0.29, 0.717) is 38.8 Å². The van der Waals surface area contributed by atoms with Gasteiger partial charge in [0.05, 0.1) is 10.6 Å². The van der Waals surface area contributed by atoms with Gasteiger partial charge in [-0.05, 0) is 65.9 Å². The normalized spacial score (nSPS) is 15.5. The van der Waals surface area contributed by atoms with Gasteiger partial charge in [-0.15, -0.1) is 0 Å². The summed E-state index contributed by atoms with van der Waals surface area (Å²) in [5.74, 6) is 0.313. The van der Waals surface area contributed by atoms with Crippen LogP contribution in [0, 0.1) is 0 Å². The Labute approximate surface area is 200 Å². The number of carbonyl (C=O) groups excluding carboxylic acids is 2. The fraction of sp³-hybridized carbons (Fsp3) is 0.0800. The van der Waals surface area contributed by atoms with Crippen molar-refractivity contribution in [2.45, 2.75) is 13.5 Å². The van der Waals surface area contributed by atoms with Crippen LogP contribution in [-0.4, -0.2) is 17.0 Å². The van der Waals surface area contributed by atoms with Crippen molar-refractivity contribution < 1.29 is 14.3 Å². The monoisotopic (exact) mass is 477 g/mol. The van der Waals surface area contributed by atoms with Crippen LogP contribution >= 0.6 is 23.4 Å². The second kappa shape index (κ2) is 10.4. The zero-order valence-electron chi connectivity index (χ0n) is 17.7. The zero-order valence-corrected chi connectivity index (χ0v) is 19.2. The fourth-order valence-corrected chi connectivity index (χ4v) is 3.99. The number of hydrogen-bond donors (Lipinski definition) is 2. The number of amidine groups is 1. The number of carbonyl (C=O) groups is 2. The Balaban J connectivity index is 1.47. The van der Waals surface area contributed by atoms with Crippen molar-refractivity contribution in [1.82, 2.24) is 5.32 Å². The summed E-state index contributed by atoms with van der Waals surface area (Å²) in [5, 5.41) is 6.65. The lowest BCUT2D eigenvalue weighted by Crippen LogP contribution is -2.19. The molecule has 1 heterocycles. The van der Waals surface area contributed by atoms with Gasteiger partial charge in [0.25, 0.3) is 5.91 Å². The SMILES string of the molecule is CC(=O)Nc1ccc(N=C2NC(=O)C(=Cc3ccccc3OCc3ccc(Cl)cc3)S2)cc1. The number of aliphatic imine (C=N–C) groups is 1. The van der Waals surface area contributed by atoms with E-state index in [-0.39, 0.29) is 11.8 Å². The van der Waals surface area contributed by atoms with Crippen molar-refractivity contribution in [2.24, 2.45) is 4.99 Å². The molecule has 2 amide bonds. The number of ether oxygens (including phenoxy) is 1. The van der Waals surface area contributed by atoms with E-state index in [9.17, 15) is 9.59 Å². The van der Waals surface area contributed by atoms with Gasteiger partial charge in [-0.25, -0.2) is 4.99 Å². The minimum atomic E-state index is -0.221. The summed E-state index contributed by atoms with van der Waals surface area (Å²) < 4.78 is 5.98. The Morgan fingerprint density at radius 3 is 2.55 bits per heavy atom. The second-order valence-corrected chi connectivity index (χ2v) is 8.63. The van der Waals surface area contributed by atoms with E-state index in [0.717, 1.165) is 11.1 Å². The molecule has 166 valence electrons. The van der Waals surface area contributed by atoms with E-state index in [4.69, 9.17) is 16.3 Å². The first-order chi connectivity index (χ1) is 16.0. The summed E-state index contributed by atoms with van der Waals surface area (Å²) in [6, 6.07) is 22.1. The minimum absolute atomic E-state index is 0.139. The van der Waals surface area contributed by atoms with E-state index in [1.54, 1.807) is 30.3 Å². The molecule has 6 nitrogen and oxygen atoms in total. The molecule has 0 aromatic heterocycles. The molecule has 1 fully saturated rings. The number of benzene rings is 3. The highest BCUT2D eigenvalue weighted by Gasteiger charge is 2.24. The number of halogens is 1. The lowest BCUT2D eigenvalue weighted by atomic mass is 10.2. The van der Waals surface area contributed by atoms with Crippen LogP contribution in [0.4, 0.5) is 11.4 Å². The number of nitrogens with one attached hydrogen (secondary N) is 2. The Kier molecular flexibility index (Phi) is 7.12. The van der Waals surface area contributed by atoms with Crippen molar-refractivity contribution >= 4 is 57.8 Å². The van der Waals surface area contributed by atoms with Crippen LogP contribution in [0.1, 0.15) is 18.1 Å². The molecule has 0 aliphatic carbocycles. The van der Waals surface area contributed by atoms with E-state index in [1.807, 2.05) is 48.5 Å². The molecule has 0 bridgehead atoms. The average Bonchev–Trinajstić information content (AvgIpc) is 3.14. The van der Waals surface area contributed by atoms with Crippen LogP contribution in [0.5, 0.6) is 5.75 Å². The van der Waals surface area contributed by atoms with Crippen molar-refractivity contribution in [3.05, 3.63) is 93.9 Å². The molecule has 1 aliphatic rings. The minimum Gasteiger partial charge on any atom is -0.488 e. The standard InChI is InChI=1S/C25H20ClN3O3S/c1-16(30)27-20-10-12-21(13-11-20)28-25-29-24(31)23(33-25)14-18-4-2-3-5-22(18)32-15-17-6-8-19(26)9-7-17/h2-14H,15H2,1H3,(H,27,30)(H,28,29,31). The van der Waals surface area contributed by atoms with E-state index >= 15 is 0 Å². The molecule has 3 aromatic rings. The summed E-state index contributed by atoms with van der Waals surface area (Å²) in [7, 11) is 0. The maximum absolute atomic E-state index is 12.5. The van der Waals surface area contributed by atoms with Gasteiger partial charge in [0.2, 0.25) is 5.91 Å². The van der Waals surface area contributed by atoms with E-state index in [2.05, 4.69) is 15.6 Å². The van der Waals surface area contributed by atoms with Gasteiger partial charge < -0.3 is 15.4 Å². The topological polar surface area (TPSA) is 79.8 Å². The highest BCUT2D eigenvalue weighted by Crippen LogP contribution is 2.31. The molecular formula is C25H20ClN3O3S. The summed E-state index contributed by atoms with van der Waals surface area (Å²) in [6.45, 7) is 1.84. The van der Waals surface area contributed by atoms with Crippen LogP contribution in [0.25, 0.3) is 6.08 Å². The van der Waals surface area contributed by atoms with Crippen LogP contribution in [-0.2, 0) is 16.2 Å². The molecule has 3 aromatic carbocycles. The van der Waals surface area contributed by atoms with Gasteiger partial charge in [-0.2, -0.15) is 0 Å². The summed E-state index contributed by atoms with van der Waals surface area (Å²) in [4.78, 5) is 28.6. The summed E-state index contributed by atoms with van der Waals surface area (Å²) in [5.41, 5.74) is 3.14. The van der Waals surface area contributed by atoms with Crippen molar-refractivity contribution in [1.29, 1.82) is 0 Å². The molecule has 0 spiro atoms. The first-order valence-electron chi connectivity index (χ1n) is 10.1. The Bertz CT molecular complexity index is 1240. The highest BCUT2D eigenvalue weighted by atomic mass is 35.5. The summed E-state index contributed by atoms with van der Waals surface area (Å²) >= 11 is 7.20. The number of amides is 2.